The predicted octanol–water partition coefficient (Wildman–Crippen LogP) is 6.19. The lowest BCUT2D eigenvalue weighted by atomic mass is 9.44. The van der Waals surface area contributed by atoms with Crippen molar-refractivity contribution < 1.29 is 0 Å². The maximum absolute atomic E-state index is 11.2. The molecule has 8 atom stereocenters. The Bertz CT molecular complexity index is 476. The second kappa shape index (κ2) is 5.56. The van der Waals surface area contributed by atoms with Crippen molar-refractivity contribution >= 4 is 0 Å². The van der Waals surface area contributed by atoms with E-state index in [0.29, 0.717) is 16.7 Å². The average Bonchev–Trinajstić information content (AvgIpc) is 2.91. The van der Waals surface area contributed by atoms with E-state index in [0.717, 1.165) is 23.7 Å². The molecule has 4 saturated carbocycles. The van der Waals surface area contributed by atoms with Gasteiger partial charge in [0, 0.05) is 0 Å². The summed E-state index contributed by atoms with van der Waals surface area (Å²) in [6.45, 7) is 7.23. The number of hydrogen-bond acceptors (Lipinski definition) is 2. The molecule has 4 aliphatic rings. The molecule has 0 aromatic carbocycles. The first kappa shape index (κ1) is 16.1. The van der Waals surface area contributed by atoms with Gasteiger partial charge in [0.1, 0.15) is 0 Å². The lowest BCUT2D eigenvalue weighted by molar-refractivity contribution is -0.111. The highest BCUT2D eigenvalue weighted by Gasteiger charge is 2.60. The minimum atomic E-state index is 0.0168. The van der Waals surface area contributed by atoms with Crippen LogP contribution in [0.15, 0.2) is 5.18 Å². The van der Waals surface area contributed by atoms with Crippen molar-refractivity contribution in [2.45, 2.75) is 91.0 Å². The molecule has 0 saturated heterocycles. The van der Waals surface area contributed by atoms with Crippen molar-refractivity contribution in [2.75, 3.05) is 0 Å². The zero-order valence-corrected chi connectivity index (χ0v) is 15.4. The molecule has 4 rings (SSSR count). The zero-order valence-electron chi connectivity index (χ0n) is 15.4. The topological polar surface area (TPSA) is 29.4 Å². The summed E-state index contributed by atoms with van der Waals surface area (Å²) >= 11 is 0. The van der Waals surface area contributed by atoms with Crippen molar-refractivity contribution in [2.24, 2.45) is 45.6 Å². The van der Waals surface area contributed by atoms with E-state index in [1.807, 2.05) is 0 Å². The van der Waals surface area contributed by atoms with Crippen LogP contribution < -0.4 is 0 Å². The van der Waals surface area contributed by atoms with Crippen molar-refractivity contribution in [3.05, 3.63) is 4.91 Å². The Balaban J connectivity index is 1.61. The van der Waals surface area contributed by atoms with Gasteiger partial charge >= 0.3 is 0 Å². The normalized spacial score (nSPS) is 53.8. The molecule has 0 aromatic rings. The lowest BCUT2D eigenvalue weighted by Gasteiger charge is -2.60. The van der Waals surface area contributed by atoms with Gasteiger partial charge in [0.2, 0.25) is 0 Å². The lowest BCUT2D eigenvalue weighted by Crippen LogP contribution is -2.53. The third-order valence-corrected chi connectivity index (χ3v) is 9.41. The van der Waals surface area contributed by atoms with Crippen LogP contribution in [0.2, 0.25) is 0 Å². The highest BCUT2D eigenvalue weighted by molar-refractivity contribution is 5.09. The molecule has 0 heterocycles. The smallest absolute Gasteiger partial charge is 0.0925 e. The average molecular weight is 318 g/mol. The molecule has 2 nitrogen and oxygen atoms in total. The quantitative estimate of drug-likeness (QED) is 0.558. The van der Waals surface area contributed by atoms with E-state index in [-0.39, 0.29) is 6.04 Å². The van der Waals surface area contributed by atoms with Gasteiger partial charge in [-0.1, -0.05) is 31.9 Å². The second-order valence-corrected chi connectivity index (χ2v) is 9.98. The molecular weight excluding hydrogens is 282 g/mol. The molecule has 0 spiro atoms. The first-order valence-corrected chi connectivity index (χ1v) is 10.3. The zero-order chi connectivity index (χ0) is 16.2. The van der Waals surface area contributed by atoms with Gasteiger partial charge in [0.15, 0.2) is 0 Å². The first-order chi connectivity index (χ1) is 11.0. The Labute approximate surface area is 142 Å². The SMILES string of the molecule is CC(N=O)[C@H]1CC[C@H]2[C@@H]3CCC4CCCC[C@]4(C)[C@H]3CC[C@]12C. The van der Waals surface area contributed by atoms with Gasteiger partial charge in [-0.25, -0.2) is 0 Å². The van der Waals surface area contributed by atoms with Crippen molar-refractivity contribution in [1.29, 1.82) is 0 Å². The van der Waals surface area contributed by atoms with Gasteiger partial charge in [0.05, 0.1) is 6.04 Å². The highest BCUT2D eigenvalue weighted by Crippen LogP contribution is 2.67. The Morgan fingerprint density at radius 1 is 0.870 bits per heavy atom. The molecular formula is C21H35NO. The molecule has 4 aliphatic carbocycles. The molecule has 130 valence electrons. The highest BCUT2D eigenvalue weighted by atomic mass is 16.3. The summed E-state index contributed by atoms with van der Waals surface area (Å²) in [6, 6.07) is 0.0168. The van der Waals surface area contributed by atoms with Crippen LogP contribution in [0.4, 0.5) is 0 Å². The Kier molecular flexibility index (Phi) is 3.89. The van der Waals surface area contributed by atoms with Crippen molar-refractivity contribution in [3.8, 4) is 0 Å². The molecule has 0 aliphatic heterocycles. The van der Waals surface area contributed by atoms with E-state index < -0.39 is 0 Å². The summed E-state index contributed by atoms with van der Waals surface area (Å²) < 4.78 is 0. The fourth-order valence-electron chi connectivity index (χ4n) is 8.20. The summed E-state index contributed by atoms with van der Waals surface area (Å²) in [7, 11) is 0. The molecule has 2 heteroatoms. The van der Waals surface area contributed by atoms with E-state index >= 15 is 0 Å². The minimum Gasteiger partial charge on any atom is -0.151 e. The molecule has 0 amide bonds. The van der Waals surface area contributed by atoms with Gasteiger partial charge in [-0.2, -0.15) is 4.91 Å². The molecule has 4 fully saturated rings. The molecule has 0 radical (unpaired) electrons. The maximum Gasteiger partial charge on any atom is 0.0925 e. The van der Waals surface area contributed by atoms with Gasteiger partial charge in [-0.05, 0) is 98.7 Å². The maximum atomic E-state index is 11.2. The molecule has 2 unspecified atom stereocenters. The summed E-state index contributed by atoms with van der Waals surface area (Å²) in [5.74, 6) is 4.34. The summed E-state index contributed by atoms with van der Waals surface area (Å²) in [5, 5.41) is 3.44. The van der Waals surface area contributed by atoms with E-state index in [4.69, 9.17) is 0 Å². The molecule has 0 aromatic heterocycles. The standard InChI is InChI=1S/C21H35NO/c1-14(22-23)17-9-10-18-16-8-7-15-6-4-5-12-20(15,2)19(16)11-13-21(17,18)3/h14-19H,4-13H2,1-3H3/t14?,15?,16-,17+,18-,19-,20-,21+/m0/s1. The third kappa shape index (κ3) is 2.19. The van der Waals surface area contributed by atoms with Crippen LogP contribution in [0, 0.1) is 45.3 Å². The Morgan fingerprint density at radius 2 is 1.65 bits per heavy atom. The summed E-state index contributed by atoms with van der Waals surface area (Å²) in [4.78, 5) is 11.2. The van der Waals surface area contributed by atoms with Gasteiger partial charge in [-0.3, -0.25) is 0 Å². The molecule has 23 heavy (non-hydrogen) atoms. The van der Waals surface area contributed by atoms with Crippen LogP contribution in [0.5, 0.6) is 0 Å². The van der Waals surface area contributed by atoms with Crippen LogP contribution in [0.3, 0.4) is 0 Å². The fourth-order valence-corrected chi connectivity index (χ4v) is 8.20. The first-order valence-electron chi connectivity index (χ1n) is 10.3. The number of nitroso groups, excluding NO2 is 1. The van der Waals surface area contributed by atoms with E-state index in [1.165, 1.54) is 64.2 Å². The Hall–Kier alpha value is -0.400. The minimum absolute atomic E-state index is 0.0168. The van der Waals surface area contributed by atoms with Gasteiger partial charge in [0.25, 0.3) is 0 Å². The van der Waals surface area contributed by atoms with Crippen LogP contribution in [0.25, 0.3) is 0 Å². The van der Waals surface area contributed by atoms with E-state index in [2.05, 4.69) is 25.9 Å². The second-order valence-electron chi connectivity index (χ2n) is 9.98. The summed E-state index contributed by atoms with van der Waals surface area (Å²) in [5.41, 5.74) is 1.03. The van der Waals surface area contributed by atoms with Crippen molar-refractivity contribution in [1.82, 2.24) is 0 Å². The number of hydrogen-bond donors (Lipinski definition) is 0. The number of rotatable bonds is 2. The number of nitrogens with zero attached hydrogens (tertiary/aromatic N) is 1. The third-order valence-electron chi connectivity index (χ3n) is 9.41. The van der Waals surface area contributed by atoms with E-state index in [1.54, 1.807) is 0 Å². The largest absolute Gasteiger partial charge is 0.151 e. The van der Waals surface area contributed by atoms with Crippen LogP contribution in [-0.4, -0.2) is 6.04 Å². The molecule has 0 bridgehead atoms. The van der Waals surface area contributed by atoms with E-state index in [9.17, 15) is 4.91 Å². The van der Waals surface area contributed by atoms with Gasteiger partial charge < -0.3 is 0 Å². The van der Waals surface area contributed by atoms with Crippen LogP contribution in [0.1, 0.15) is 85.0 Å². The van der Waals surface area contributed by atoms with Crippen molar-refractivity contribution in [3.63, 3.8) is 0 Å². The molecule has 0 N–H and O–H groups in total. The number of fused-ring (bicyclic) bond motifs is 5. The van der Waals surface area contributed by atoms with Crippen LogP contribution in [-0.2, 0) is 0 Å². The Morgan fingerprint density at radius 3 is 2.43 bits per heavy atom. The predicted molar refractivity (Wildman–Crippen MR) is 95.1 cm³/mol. The van der Waals surface area contributed by atoms with Gasteiger partial charge in [-0.15, -0.1) is 0 Å². The van der Waals surface area contributed by atoms with Crippen LogP contribution >= 0.6 is 0 Å². The summed E-state index contributed by atoms with van der Waals surface area (Å²) in [6.07, 6.45) is 14.3. The fraction of sp³-hybridized carbons (Fsp3) is 1.00. The monoisotopic (exact) mass is 317 g/mol.